The molecule has 2 heterocycles. The zero-order valence-corrected chi connectivity index (χ0v) is 9.65. The monoisotopic (exact) mass is 225 g/mol. The summed E-state index contributed by atoms with van der Waals surface area (Å²) in [5.74, 6) is 0. The van der Waals surface area contributed by atoms with Gasteiger partial charge in [-0.2, -0.15) is 0 Å². The topological polar surface area (TPSA) is 25.0 Å². The lowest BCUT2D eigenvalue weighted by Crippen LogP contribution is -2.09. The molecule has 1 fully saturated rings. The van der Waals surface area contributed by atoms with Crippen LogP contribution >= 0.6 is 0 Å². The van der Waals surface area contributed by atoms with Gasteiger partial charge in [-0.3, -0.25) is 0 Å². The molecule has 0 spiro atoms. The van der Waals surface area contributed by atoms with Crippen LogP contribution in [0.1, 0.15) is 6.42 Å². The number of para-hydroxylation sites is 2. The Morgan fingerprint density at radius 3 is 1.59 bits per heavy atom. The summed E-state index contributed by atoms with van der Waals surface area (Å²) in [6, 6.07) is 16.8. The van der Waals surface area contributed by atoms with Gasteiger partial charge in [0.25, 0.3) is 0 Å². The Morgan fingerprint density at radius 2 is 1.18 bits per heavy atom. The second-order valence-electron chi connectivity index (χ2n) is 4.18. The average molecular weight is 225 g/mol. The molecule has 86 valence electrons. The highest BCUT2D eigenvalue weighted by Crippen LogP contribution is 2.24. The number of aromatic nitrogens is 1. The number of benzene rings is 2. The molecule has 2 aromatic carbocycles. The molecule has 2 nitrogen and oxygen atoms in total. The van der Waals surface area contributed by atoms with E-state index in [1.165, 1.54) is 28.2 Å². The first-order chi connectivity index (χ1) is 8.45. The molecule has 1 aliphatic rings. The number of aromatic amines is 1. The largest absolute Gasteiger partial charge is 0.381 e. The molecule has 3 aromatic rings. The number of nitrogens with one attached hydrogen (secondary N) is 1. The van der Waals surface area contributed by atoms with Gasteiger partial charge < -0.3 is 9.72 Å². The highest BCUT2D eigenvalue weighted by Gasteiger charge is 2.00. The number of ether oxygens (including phenoxy) is 1. The van der Waals surface area contributed by atoms with E-state index in [1.54, 1.807) is 0 Å². The zero-order chi connectivity index (χ0) is 11.5. The summed E-state index contributed by atoms with van der Waals surface area (Å²) in [7, 11) is 0. The minimum absolute atomic E-state index is 1.00. The van der Waals surface area contributed by atoms with E-state index in [2.05, 4.69) is 53.5 Å². The van der Waals surface area contributed by atoms with Crippen molar-refractivity contribution >= 4 is 21.8 Å². The molecule has 0 atom stereocenters. The van der Waals surface area contributed by atoms with E-state index in [0.717, 1.165) is 13.2 Å². The first-order valence-corrected chi connectivity index (χ1v) is 5.98. The van der Waals surface area contributed by atoms with Crippen molar-refractivity contribution in [3.8, 4) is 0 Å². The molecule has 0 radical (unpaired) electrons. The minimum Gasteiger partial charge on any atom is -0.381 e. The Balaban J connectivity index is 0.000000193. The number of hydrogen-bond donors (Lipinski definition) is 1. The summed E-state index contributed by atoms with van der Waals surface area (Å²) in [6.45, 7) is 2.00. The number of rotatable bonds is 0. The van der Waals surface area contributed by atoms with E-state index >= 15 is 0 Å². The molecule has 0 saturated carbocycles. The van der Waals surface area contributed by atoms with Crippen LogP contribution in [-0.2, 0) is 4.74 Å². The number of H-pyrrole nitrogens is 1. The van der Waals surface area contributed by atoms with Crippen LogP contribution in [0.3, 0.4) is 0 Å². The van der Waals surface area contributed by atoms with Crippen LogP contribution in [-0.4, -0.2) is 18.2 Å². The zero-order valence-electron chi connectivity index (χ0n) is 9.65. The Hall–Kier alpha value is -1.80. The molecule has 0 bridgehead atoms. The molecule has 1 N–H and O–H groups in total. The van der Waals surface area contributed by atoms with Gasteiger partial charge in [-0.05, 0) is 18.6 Å². The van der Waals surface area contributed by atoms with Gasteiger partial charge in [0.1, 0.15) is 0 Å². The van der Waals surface area contributed by atoms with E-state index in [1.807, 2.05) is 0 Å². The van der Waals surface area contributed by atoms with Crippen LogP contribution in [0.15, 0.2) is 48.5 Å². The van der Waals surface area contributed by atoms with E-state index in [9.17, 15) is 0 Å². The highest BCUT2D eigenvalue weighted by molar-refractivity contribution is 6.06. The summed E-state index contributed by atoms with van der Waals surface area (Å²) < 4.78 is 4.72. The van der Waals surface area contributed by atoms with Crippen molar-refractivity contribution in [2.75, 3.05) is 13.2 Å². The van der Waals surface area contributed by atoms with Crippen molar-refractivity contribution in [1.82, 2.24) is 4.98 Å². The third kappa shape index (κ3) is 2.04. The van der Waals surface area contributed by atoms with Crippen LogP contribution in [0, 0.1) is 0 Å². The number of hydrogen-bond acceptors (Lipinski definition) is 1. The van der Waals surface area contributed by atoms with Crippen LogP contribution in [0.2, 0.25) is 0 Å². The lowest BCUT2D eigenvalue weighted by molar-refractivity contribution is 0.0367. The molecular formula is C15H15NO. The molecule has 1 saturated heterocycles. The maximum Gasteiger partial charge on any atom is 0.0488 e. The van der Waals surface area contributed by atoms with Gasteiger partial charge in [0.2, 0.25) is 0 Å². The normalized spacial score (nSPS) is 14.1. The maximum absolute atomic E-state index is 4.72. The fourth-order valence-electron chi connectivity index (χ4n) is 1.94. The van der Waals surface area contributed by atoms with Crippen LogP contribution in [0.5, 0.6) is 0 Å². The minimum atomic E-state index is 1.00. The molecule has 0 unspecified atom stereocenters. The van der Waals surface area contributed by atoms with Gasteiger partial charge in [0.15, 0.2) is 0 Å². The van der Waals surface area contributed by atoms with Gasteiger partial charge in [-0.15, -0.1) is 0 Å². The van der Waals surface area contributed by atoms with Gasteiger partial charge in [0.05, 0.1) is 0 Å². The molecular weight excluding hydrogens is 210 g/mol. The van der Waals surface area contributed by atoms with Crippen LogP contribution in [0.25, 0.3) is 21.8 Å². The third-order valence-electron chi connectivity index (χ3n) is 2.99. The molecule has 1 aromatic heterocycles. The molecule has 1 aliphatic heterocycles. The van der Waals surface area contributed by atoms with Crippen molar-refractivity contribution in [1.29, 1.82) is 0 Å². The lowest BCUT2D eigenvalue weighted by Gasteiger charge is -2.09. The summed E-state index contributed by atoms with van der Waals surface area (Å²) in [5.41, 5.74) is 2.42. The molecule has 17 heavy (non-hydrogen) atoms. The lowest BCUT2D eigenvalue weighted by atomic mass is 10.2. The van der Waals surface area contributed by atoms with Crippen molar-refractivity contribution in [2.45, 2.75) is 6.42 Å². The fraction of sp³-hybridized carbons (Fsp3) is 0.200. The molecule has 0 aliphatic carbocycles. The quantitative estimate of drug-likeness (QED) is 0.619. The SMILES string of the molecule is C1COC1.c1ccc2c(c1)[nH]c1ccccc12. The first kappa shape index (κ1) is 10.4. The standard InChI is InChI=1S/C12H9N.C3H6O/c1-3-7-11-9(5-1)10-6-2-4-8-12(10)13-11;1-2-4-3-1/h1-8,13H;1-3H2. The fourth-order valence-corrected chi connectivity index (χ4v) is 1.94. The first-order valence-electron chi connectivity index (χ1n) is 5.98. The Morgan fingerprint density at radius 1 is 0.765 bits per heavy atom. The highest BCUT2D eigenvalue weighted by atomic mass is 16.5. The van der Waals surface area contributed by atoms with Gasteiger partial charge in [0, 0.05) is 35.0 Å². The van der Waals surface area contributed by atoms with Gasteiger partial charge in [-0.1, -0.05) is 36.4 Å². The second kappa shape index (κ2) is 4.60. The smallest absolute Gasteiger partial charge is 0.0488 e. The summed E-state index contributed by atoms with van der Waals surface area (Å²) in [5, 5.41) is 2.61. The average Bonchev–Trinajstić information content (AvgIpc) is 2.65. The summed E-state index contributed by atoms with van der Waals surface area (Å²) >= 11 is 0. The van der Waals surface area contributed by atoms with Crippen molar-refractivity contribution < 1.29 is 4.74 Å². The maximum atomic E-state index is 4.72. The number of fused-ring (bicyclic) bond motifs is 3. The Labute approximate surface area is 100 Å². The van der Waals surface area contributed by atoms with E-state index in [0.29, 0.717) is 0 Å². The van der Waals surface area contributed by atoms with Crippen LogP contribution in [0.4, 0.5) is 0 Å². The Kier molecular flexibility index (Phi) is 2.80. The second-order valence-corrected chi connectivity index (χ2v) is 4.18. The van der Waals surface area contributed by atoms with E-state index < -0.39 is 0 Å². The van der Waals surface area contributed by atoms with Crippen LogP contribution < -0.4 is 0 Å². The van der Waals surface area contributed by atoms with Crippen molar-refractivity contribution in [3.05, 3.63) is 48.5 Å². The molecule has 4 rings (SSSR count). The van der Waals surface area contributed by atoms with Gasteiger partial charge >= 0.3 is 0 Å². The van der Waals surface area contributed by atoms with Gasteiger partial charge in [-0.25, -0.2) is 0 Å². The predicted molar refractivity (Wildman–Crippen MR) is 71.2 cm³/mol. The third-order valence-corrected chi connectivity index (χ3v) is 2.99. The van der Waals surface area contributed by atoms with Crippen molar-refractivity contribution in [3.63, 3.8) is 0 Å². The van der Waals surface area contributed by atoms with E-state index in [-0.39, 0.29) is 0 Å². The molecule has 0 amide bonds. The van der Waals surface area contributed by atoms with E-state index in [4.69, 9.17) is 4.74 Å². The summed E-state index contributed by atoms with van der Waals surface area (Å²) in [4.78, 5) is 3.38. The Bertz CT molecular complexity index is 568. The molecule has 2 heteroatoms. The summed E-state index contributed by atoms with van der Waals surface area (Å²) in [6.07, 6.45) is 1.28. The van der Waals surface area contributed by atoms with Crippen molar-refractivity contribution in [2.24, 2.45) is 0 Å². The predicted octanol–water partition coefficient (Wildman–Crippen LogP) is 3.73.